The van der Waals surface area contributed by atoms with Gasteiger partial charge in [-0.1, -0.05) is 18.2 Å². The summed E-state index contributed by atoms with van der Waals surface area (Å²) in [6, 6.07) is 16.2. The highest BCUT2D eigenvalue weighted by molar-refractivity contribution is 5.83. The van der Waals surface area contributed by atoms with Crippen LogP contribution in [-0.4, -0.2) is 42.0 Å². The molecule has 0 saturated carbocycles. The van der Waals surface area contributed by atoms with Crippen molar-refractivity contribution in [3.8, 4) is 0 Å². The first kappa shape index (κ1) is 18.3. The van der Waals surface area contributed by atoms with E-state index in [1.165, 1.54) is 11.3 Å². The number of piperazine rings is 1. The summed E-state index contributed by atoms with van der Waals surface area (Å²) in [7, 11) is 0. The number of rotatable bonds is 3. The fourth-order valence-corrected chi connectivity index (χ4v) is 3.80. The van der Waals surface area contributed by atoms with Crippen LogP contribution < -0.4 is 10.5 Å². The number of aromatic nitrogens is 1. The number of hydrogen-bond acceptors (Lipinski definition) is 3. The van der Waals surface area contributed by atoms with Crippen molar-refractivity contribution in [3.05, 3.63) is 75.6 Å². The van der Waals surface area contributed by atoms with Crippen LogP contribution in [0, 0.1) is 13.8 Å². The van der Waals surface area contributed by atoms with E-state index in [0.717, 1.165) is 42.6 Å². The SMILES string of the molecule is Cc1cccc(N2CCN(C(=O)Cc3ccc4[nH]c(=O)c(C)cc4c3)CC2)c1. The Kier molecular flexibility index (Phi) is 4.90. The summed E-state index contributed by atoms with van der Waals surface area (Å²) in [6.07, 6.45) is 0.387. The molecule has 144 valence electrons. The summed E-state index contributed by atoms with van der Waals surface area (Å²) in [5.74, 6) is 0.157. The number of aryl methyl sites for hydroxylation is 2. The van der Waals surface area contributed by atoms with Gasteiger partial charge < -0.3 is 14.8 Å². The van der Waals surface area contributed by atoms with Crippen molar-refractivity contribution in [3.63, 3.8) is 0 Å². The highest BCUT2D eigenvalue weighted by Gasteiger charge is 2.21. The molecule has 0 unspecified atom stereocenters. The Hall–Kier alpha value is -3.08. The Balaban J connectivity index is 1.41. The molecule has 2 heterocycles. The Morgan fingerprint density at radius 2 is 1.79 bits per heavy atom. The van der Waals surface area contributed by atoms with Crippen LogP contribution in [-0.2, 0) is 11.2 Å². The molecule has 1 amide bonds. The maximum atomic E-state index is 12.8. The maximum absolute atomic E-state index is 12.8. The van der Waals surface area contributed by atoms with E-state index in [1.807, 2.05) is 29.2 Å². The molecule has 4 rings (SSSR count). The molecule has 0 spiro atoms. The minimum absolute atomic E-state index is 0.0668. The van der Waals surface area contributed by atoms with E-state index >= 15 is 0 Å². The van der Waals surface area contributed by atoms with Crippen LogP contribution in [0.25, 0.3) is 10.9 Å². The maximum Gasteiger partial charge on any atom is 0.251 e. The summed E-state index contributed by atoms with van der Waals surface area (Å²) < 4.78 is 0. The van der Waals surface area contributed by atoms with Gasteiger partial charge in [0.25, 0.3) is 5.56 Å². The third-order valence-electron chi connectivity index (χ3n) is 5.45. The average Bonchev–Trinajstić information content (AvgIpc) is 2.69. The molecule has 3 aromatic rings. The number of carbonyl (C=O) groups is 1. The molecule has 1 saturated heterocycles. The van der Waals surface area contributed by atoms with E-state index < -0.39 is 0 Å². The van der Waals surface area contributed by atoms with Gasteiger partial charge in [-0.3, -0.25) is 9.59 Å². The first-order chi connectivity index (χ1) is 13.5. The van der Waals surface area contributed by atoms with Gasteiger partial charge >= 0.3 is 0 Å². The number of hydrogen-bond donors (Lipinski definition) is 1. The van der Waals surface area contributed by atoms with Crippen molar-refractivity contribution in [1.29, 1.82) is 0 Å². The molecule has 28 heavy (non-hydrogen) atoms. The Bertz CT molecular complexity index is 1080. The van der Waals surface area contributed by atoms with Crippen LogP contribution in [0.2, 0.25) is 0 Å². The summed E-state index contributed by atoms with van der Waals surface area (Å²) in [5, 5.41) is 0.965. The molecule has 0 atom stereocenters. The lowest BCUT2D eigenvalue weighted by molar-refractivity contribution is -0.130. The zero-order valence-electron chi connectivity index (χ0n) is 16.4. The molecule has 2 aromatic carbocycles. The standard InChI is InChI=1S/C23H25N3O2/c1-16-4-3-5-20(12-16)25-8-10-26(11-9-25)22(27)15-18-6-7-21-19(14-18)13-17(2)23(28)24-21/h3-7,12-14H,8-11,15H2,1-2H3,(H,24,28). The van der Waals surface area contributed by atoms with Crippen LogP contribution in [0.1, 0.15) is 16.7 Å². The van der Waals surface area contributed by atoms with Crippen molar-refractivity contribution < 1.29 is 4.79 Å². The smallest absolute Gasteiger partial charge is 0.251 e. The number of nitrogens with one attached hydrogen (secondary N) is 1. The van der Waals surface area contributed by atoms with Crippen molar-refractivity contribution in [2.45, 2.75) is 20.3 Å². The lowest BCUT2D eigenvalue weighted by Crippen LogP contribution is -2.49. The summed E-state index contributed by atoms with van der Waals surface area (Å²) in [6.45, 7) is 7.09. The van der Waals surface area contributed by atoms with E-state index in [9.17, 15) is 9.59 Å². The number of anilines is 1. The molecular weight excluding hydrogens is 350 g/mol. The van der Waals surface area contributed by atoms with Crippen LogP contribution in [0.3, 0.4) is 0 Å². The largest absolute Gasteiger partial charge is 0.368 e. The average molecular weight is 375 g/mol. The number of aromatic amines is 1. The van der Waals surface area contributed by atoms with Gasteiger partial charge in [-0.05, 0) is 60.7 Å². The van der Waals surface area contributed by atoms with Gasteiger partial charge in [0.15, 0.2) is 0 Å². The molecular formula is C23H25N3O2. The van der Waals surface area contributed by atoms with E-state index in [-0.39, 0.29) is 11.5 Å². The van der Waals surface area contributed by atoms with Gasteiger partial charge in [-0.2, -0.15) is 0 Å². The molecule has 0 bridgehead atoms. The predicted octanol–water partition coefficient (Wildman–Crippen LogP) is 3.04. The van der Waals surface area contributed by atoms with Gasteiger partial charge in [0.2, 0.25) is 5.91 Å². The van der Waals surface area contributed by atoms with Crippen molar-refractivity contribution in [2.24, 2.45) is 0 Å². The highest BCUT2D eigenvalue weighted by atomic mass is 16.2. The molecule has 1 N–H and O–H groups in total. The van der Waals surface area contributed by atoms with Crippen molar-refractivity contribution in [1.82, 2.24) is 9.88 Å². The third kappa shape index (κ3) is 3.79. The zero-order valence-corrected chi connectivity index (χ0v) is 16.4. The molecule has 5 nitrogen and oxygen atoms in total. The minimum atomic E-state index is -0.0668. The lowest BCUT2D eigenvalue weighted by Gasteiger charge is -2.36. The van der Waals surface area contributed by atoms with Gasteiger partial charge in [0.05, 0.1) is 6.42 Å². The van der Waals surface area contributed by atoms with Gasteiger partial charge in [-0.15, -0.1) is 0 Å². The van der Waals surface area contributed by atoms with E-state index in [2.05, 4.69) is 41.1 Å². The lowest BCUT2D eigenvalue weighted by atomic mass is 10.1. The number of nitrogens with zero attached hydrogens (tertiary/aromatic N) is 2. The zero-order chi connectivity index (χ0) is 19.7. The second kappa shape index (κ2) is 7.50. The molecule has 1 aliphatic rings. The molecule has 5 heteroatoms. The van der Waals surface area contributed by atoms with Crippen LogP contribution in [0.15, 0.2) is 53.3 Å². The first-order valence-corrected chi connectivity index (χ1v) is 9.71. The van der Waals surface area contributed by atoms with E-state index in [0.29, 0.717) is 12.0 Å². The van der Waals surface area contributed by atoms with Crippen LogP contribution >= 0.6 is 0 Å². The van der Waals surface area contributed by atoms with Gasteiger partial charge in [-0.25, -0.2) is 0 Å². The first-order valence-electron chi connectivity index (χ1n) is 9.71. The number of pyridine rings is 1. The summed E-state index contributed by atoms with van der Waals surface area (Å²) >= 11 is 0. The molecule has 1 fully saturated rings. The van der Waals surface area contributed by atoms with Crippen LogP contribution in [0.5, 0.6) is 0 Å². The van der Waals surface area contributed by atoms with Crippen molar-refractivity contribution >= 4 is 22.5 Å². The molecule has 1 aromatic heterocycles. The second-order valence-electron chi connectivity index (χ2n) is 7.59. The Morgan fingerprint density at radius 3 is 2.54 bits per heavy atom. The molecule has 1 aliphatic heterocycles. The monoisotopic (exact) mass is 375 g/mol. The minimum Gasteiger partial charge on any atom is -0.368 e. The molecule has 0 aliphatic carbocycles. The fourth-order valence-electron chi connectivity index (χ4n) is 3.80. The second-order valence-corrected chi connectivity index (χ2v) is 7.59. The highest BCUT2D eigenvalue weighted by Crippen LogP contribution is 2.19. The number of fused-ring (bicyclic) bond motifs is 1. The molecule has 0 radical (unpaired) electrons. The van der Waals surface area contributed by atoms with Gasteiger partial charge in [0.1, 0.15) is 0 Å². The quantitative estimate of drug-likeness (QED) is 0.766. The predicted molar refractivity (Wildman–Crippen MR) is 113 cm³/mol. The normalized spacial score (nSPS) is 14.5. The summed E-state index contributed by atoms with van der Waals surface area (Å²) in [4.78, 5) is 31.7. The third-order valence-corrected chi connectivity index (χ3v) is 5.45. The Morgan fingerprint density at radius 1 is 1.00 bits per heavy atom. The van der Waals surface area contributed by atoms with Crippen LogP contribution in [0.4, 0.5) is 5.69 Å². The van der Waals surface area contributed by atoms with Crippen molar-refractivity contribution in [2.75, 3.05) is 31.1 Å². The van der Waals surface area contributed by atoms with E-state index in [1.54, 1.807) is 6.92 Å². The fraction of sp³-hybridized carbons (Fsp3) is 0.304. The number of amides is 1. The number of carbonyl (C=O) groups excluding carboxylic acids is 1. The van der Waals surface area contributed by atoms with E-state index in [4.69, 9.17) is 0 Å². The Labute approximate surface area is 164 Å². The van der Waals surface area contributed by atoms with Gasteiger partial charge in [0, 0.05) is 42.9 Å². The topological polar surface area (TPSA) is 56.4 Å². The number of benzene rings is 2. The number of H-pyrrole nitrogens is 1. The summed E-state index contributed by atoms with van der Waals surface area (Å²) in [5.41, 5.74) is 4.88.